The van der Waals surface area contributed by atoms with Crippen molar-refractivity contribution < 1.29 is 19.4 Å². The van der Waals surface area contributed by atoms with E-state index in [1.54, 1.807) is 62.8 Å². The second-order valence-electron chi connectivity index (χ2n) is 5.46. The molecule has 0 fully saturated rings. The maximum atomic E-state index is 12.4. The van der Waals surface area contributed by atoms with Gasteiger partial charge in [0.05, 0.1) is 24.3 Å². The van der Waals surface area contributed by atoms with E-state index in [0.717, 1.165) is 5.56 Å². The van der Waals surface area contributed by atoms with Gasteiger partial charge >= 0.3 is 5.97 Å². The minimum absolute atomic E-state index is 0.0628. The number of hydrogen-bond donors (Lipinski definition) is 1. The summed E-state index contributed by atoms with van der Waals surface area (Å²) in [6, 6.07) is 10.8. The number of aromatic nitrogens is 1. The van der Waals surface area contributed by atoms with Crippen LogP contribution in [-0.2, 0) is 9.53 Å². The van der Waals surface area contributed by atoms with Crippen LogP contribution in [0.3, 0.4) is 0 Å². The Balaban J connectivity index is 2.00. The van der Waals surface area contributed by atoms with Crippen LogP contribution in [0.1, 0.15) is 12.5 Å². The summed E-state index contributed by atoms with van der Waals surface area (Å²) >= 11 is 1.21. The first-order valence-corrected chi connectivity index (χ1v) is 9.07. The predicted molar refractivity (Wildman–Crippen MR) is 106 cm³/mol. The molecule has 138 valence electrons. The van der Waals surface area contributed by atoms with Gasteiger partial charge in [-0.1, -0.05) is 17.8 Å². The number of ether oxygens (including phenoxy) is 2. The number of carbonyl (C=O) groups is 1. The fourth-order valence-electron chi connectivity index (χ4n) is 2.38. The minimum atomic E-state index is -0.607. The predicted octanol–water partition coefficient (Wildman–Crippen LogP) is 4.28. The second-order valence-corrected chi connectivity index (χ2v) is 6.49. The highest BCUT2D eigenvalue weighted by Gasteiger charge is 2.33. The fraction of sp³-hybridized carbons (Fsp3) is 0.150. The third-order valence-electron chi connectivity index (χ3n) is 3.66. The van der Waals surface area contributed by atoms with Crippen molar-refractivity contribution in [3.05, 3.63) is 70.6 Å². The molecule has 1 aliphatic rings. The number of aliphatic hydroxyl groups is 1. The number of aliphatic hydroxyl groups excluding tert-OH is 1. The van der Waals surface area contributed by atoms with Gasteiger partial charge in [-0.3, -0.25) is 4.98 Å². The molecule has 0 amide bonds. The molecule has 0 spiro atoms. The van der Waals surface area contributed by atoms with Gasteiger partial charge in [0.15, 0.2) is 0 Å². The standard InChI is InChI=1S/C20H18N2O4S/c1-3-26-20(24)17-18(23)16(11-13-5-4-10-21-12-13)27-19(17)22-14-6-8-15(25-2)9-7-14/h4-12,23H,3H2,1-2H3/b16-11-,22-19?. The number of pyridine rings is 1. The Morgan fingerprint density at radius 3 is 2.70 bits per heavy atom. The van der Waals surface area contributed by atoms with Gasteiger partial charge in [-0.2, -0.15) is 0 Å². The Morgan fingerprint density at radius 2 is 2.07 bits per heavy atom. The highest BCUT2D eigenvalue weighted by atomic mass is 32.2. The van der Waals surface area contributed by atoms with Gasteiger partial charge in [0, 0.05) is 12.4 Å². The van der Waals surface area contributed by atoms with Gasteiger partial charge < -0.3 is 14.6 Å². The number of aliphatic imine (C=N–C) groups is 1. The highest BCUT2D eigenvalue weighted by Crippen LogP contribution is 2.40. The summed E-state index contributed by atoms with van der Waals surface area (Å²) in [5.41, 5.74) is 1.50. The summed E-state index contributed by atoms with van der Waals surface area (Å²) in [6.07, 6.45) is 5.09. The topological polar surface area (TPSA) is 81.0 Å². The zero-order valence-corrected chi connectivity index (χ0v) is 15.7. The summed E-state index contributed by atoms with van der Waals surface area (Å²) in [5, 5.41) is 11.0. The van der Waals surface area contributed by atoms with Crippen molar-refractivity contribution in [2.24, 2.45) is 4.99 Å². The van der Waals surface area contributed by atoms with Crippen LogP contribution in [0.2, 0.25) is 0 Å². The van der Waals surface area contributed by atoms with Crippen LogP contribution in [0.5, 0.6) is 5.75 Å². The molecule has 2 aromatic rings. The first-order chi connectivity index (χ1) is 13.1. The van der Waals surface area contributed by atoms with Crippen LogP contribution in [0.4, 0.5) is 5.69 Å². The second kappa shape index (κ2) is 8.55. The molecule has 3 rings (SSSR count). The van der Waals surface area contributed by atoms with Crippen LogP contribution in [0.25, 0.3) is 6.08 Å². The Morgan fingerprint density at radius 1 is 1.30 bits per heavy atom. The van der Waals surface area contributed by atoms with E-state index in [2.05, 4.69) is 9.98 Å². The molecule has 0 saturated heterocycles. The summed E-state index contributed by atoms with van der Waals surface area (Å²) in [6.45, 7) is 1.92. The van der Waals surface area contributed by atoms with Crippen molar-refractivity contribution in [3.63, 3.8) is 0 Å². The van der Waals surface area contributed by atoms with Crippen molar-refractivity contribution in [3.8, 4) is 5.75 Å². The summed E-state index contributed by atoms with van der Waals surface area (Å²) in [4.78, 5) is 21.4. The van der Waals surface area contributed by atoms with Crippen molar-refractivity contribution in [1.29, 1.82) is 0 Å². The first-order valence-electron chi connectivity index (χ1n) is 8.25. The first kappa shape index (κ1) is 18.7. The lowest BCUT2D eigenvalue weighted by Gasteiger charge is -2.04. The molecule has 0 atom stereocenters. The fourth-order valence-corrected chi connectivity index (χ4v) is 3.41. The number of esters is 1. The van der Waals surface area contributed by atoms with E-state index in [1.165, 1.54) is 11.8 Å². The molecule has 1 aliphatic heterocycles. The Kier molecular flexibility index (Phi) is 5.93. The molecule has 0 unspecified atom stereocenters. The number of carbonyl (C=O) groups excluding carboxylic acids is 1. The van der Waals surface area contributed by atoms with E-state index in [1.807, 2.05) is 6.07 Å². The van der Waals surface area contributed by atoms with Crippen molar-refractivity contribution >= 4 is 34.5 Å². The van der Waals surface area contributed by atoms with E-state index in [4.69, 9.17) is 9.47 Å². The van der Waals surface area contributed by atoms with E-state index < -0.39 is 5.97 Å². The number of thioether (sulfide) groups is 1. The molecule has 7 heteroatoms. The van der Waals surface area contributed by atoms with E-state index in [-0.39, 0.29) is 17.9 Å². The monoisotopic (exact) mass is 382 g/mol. The molecular weight excluding hydrogens is 364 g/mol. The molecule has 0 aliphatic carbocycles. The maximum absolute atomic E-state index is 12.4. The average Bonchev–Trinajstić information content (AvgIpc) is 2.98. The van der Waals surface area contributed by atoms with Crippen LogP contribution < -0.4 is 4.74 Å². The zero-order chi connectivity index (χ0) is 19.2. The van der Waals surface area contributed by atoms with Crippen LogP contribution in [0, 0.1) is 0 Å². The van der Waals surface area contributed by atoms with E-state index >= 15 is 0 Å². The van der Waals surface area contributed by atoms with Crippen LogP contribution >= 0.6 is 11.8 Å². The zero-order valence-electron chi connectivity index (χ0n) is 14.9. The van der Waals surface area contributed by atoms with Gasteiger partial charge in [0.2, 0.25) is 0 Å². The summed E-state index contributed by atoms with van der Waals surface area (Å²) in [7, 11) is 1.59. The van der Waals surface area contributed by atoms with Gasteiger partial charge in [0.25, 0.3) is 0 Å². The molecule has 0 radical (unpaired) electrons. The Labute approximate surface area is 161 Å². The molecule has 0 saturated carbocycles. The number of nitrogens with zero attached hydrogens (tertiary/aromatic N) is 2. The average molecular weight is 382 g/mol. The summed E-state index contributed by atoms with van der Waals surface area (Å²) < 4.78 is 10.2. The molecule has 6 nitrogen and oxygen atoms in total. The lowest BCUT2D eigenvalue weighted by molar-refractivity contribution is -0.138. The van der Waals surface area contributed by atoms with Gasteiger partial charge in [-0.15, -0.1) is 0 Å². The van der Waals surface area contributed by atoms with Crippen molar-refractivity contribution in [2.75, 3.05) is 13.7 Å². The molecule has 0 bridgehead atoms. The molecular formula is C20H18N2O4S. The van der Waals surface area contributed by atoms with Crippen LogP contribution in [0.15, 0.2) is 70.0 Å². The number of hydrogen-bond acceptors (Lipinski definition) is 7. The number of methoxy groups -OCH3 is 1. The molecule has 27 heavy (non-hydrogen) atoms. The van der Waals surface area contributed by atoms with Crippen LogP contribution in [-0.4, -0.2) is 34.8 Å². The van der Waals surface area contributed by atoms with Gasteiger partial charge in [0.1, 0.15) is 22.1 Å². The largest absolute Gasteiger partial charge is 0.506 e. The van der Waals surface area contributed by atoms with Crippen molar-refractivity contribution in [2.45, 2.75) is 6.92 Å². The SMILES string of the molecule is CCOC(=O)C1=C(O)/C(=C/c2cccnc2)SC1=Nc1ccc(OC)cc1. The number of rotatable bonds is 5. The normalized spacial score (nSPS) is 16.8. The number of benzene rings is 1. The van der Waals surface area contributed by atoms with Gasteiger partial charge in [-0.05, 0) is 48.9 Å². The molecule has 1 aromatic carbocycles. The lowest BCUT2D eigenvalue weighted by atomic mass is 10.2. The molecule has 2 heterocycles. The smallest absolute Gasteiger partial charge is 0.344 e. The minimum Gasteiger partial charge on any atom is -0.506 e. The molecule has 1 aromatic heterocycles. The quantitative estimate of drug-likeness (QED) is 0.777. The summed E-state index contributed by atoms with van der Waals surface area (Å²) in [5.74, 6) is -0.0434. The third kappa shape index (κ3) is 4.38. The third-order valence-corrected chi connectivity index (χ3v) is 4.68. The van der Waals surface area contributed by atoms with Crippen molar-refractivity contribution in [1.82, 2.24) is 4.98 Å². The Hall–Kier alpha value is -3.06. The van der Waals surface area contributed by atoms with E-state index in [9.17, 15) is 9.90 Å². The van der Waals surface area contributed by atoms with Gasteiger partial charge in [-0.25, -0.2) is 9.79 Å². The van der Waals surface area contributed by atoms with E-state index in [0.29, 0.717) is 21.4 Å². The Bertz CT molecular complexity index is 919. The highest BCUT2D eigenvalue weighted by molar-refractivity contribution is 8.18. The lowest BCUT2D eigenvalue weighted by Crippen LogP contribution is -2.12. The molecule has 1 N–H and O–H groups in total. The maximum Gasteiger partial charge on any atom is 0.344 e.